The van der Waals surface area contributed by atoms with Crippen LogP contribution in [0.5, 0.6) is 5.75 Å². The Labute approximate surface area is 171 Å². The maximum atomic E-state index is 6.17. The molecule has 0 amide bonds. The first kappa shape index (κ1) is 20.6. The summed E-state index contributed by atoms with van der Waals surface area (Å²) >= 11 is 0. The monoisotopic (exact) mass is 390 g/mol. The molecule has 0 N–H and O–H groups in total. The highest BCUT2D eigenvalue weighted by Gasteiger charge is 2.18. The average Bonchev–Trinajstić information content (AvgIpc) is 2.71. The molecule has 0 saturated carbocycles. The molecule has 0 heterocycles. The molecule has 0 atom stereocenters. The minimum absolute atomic E-state index is 0.567. The molecular formula is C26H31OP. The largest absolute Gasteiger partial charge is 0.493 e. The summed E-state index contributed by atoms with van der Waals surface area (Å²) < 4.78 is 6.17. The molecule has 3 aromatic rings. The van der Waals surface area contributed by atoms with Crippen LogP contribution in [0.2, 0.25) is 0 Å². The zero-order chi connectivity index (χ0) is 19.8. The lowest BCUT2D eigenvalue weighted by molar-refractivity contribution is 0.301. The molecule has 0 radical (unpaired) electrons. The van der Waals surface area contributed by atoms with Gasteiger partial charge < -0.3 is 4.74 Å². The van der Waals surface area contributed by atoms with Gasteiger partial charge in [-0.1, -0.05) is 86.8 Å². The molecule has 1 nitrogen and oxygen atoms in total. The van der Waals surface area contributed by atoms with Gasteiger partial charge in [0, 0.05) is 0 Å². The molecule has 3 rings (SSSR count). The van der Waals surface area contributed by atoms with Crippen molar-refractivity contribution < 1.29 is 4.74 Å². The lowest BCUT2D eigenvalue weighted by atomic mass is 10.1. The van der Waals surface area contributed by atoms with Gasteiger partial charge in [-0.2, -0.15) is 0 Å². The normalized spacial score (nSPS) is 11.0. The summed E-state index contributed by atoms with van der Waals surface area (Å²) in [7, 11) is -0.567. The maximum Gasteiger partial charge on any atom is 0.125 e. The second-order valence-electron chi connectivity index (χ2n) is 7.32. The Morgan fingerprint density at radius 1 is 0.679 bits per heavy atom. The number of aryl methyl sites for hydroxylation is 2. The van der Waals surface area contributed by atoms with Crippen molar-refractivity contribution in [2.75, 3.05) is 6.61 Å². The Kier molecular flexibility index (Phi) is 7.69. The number of ether oxygens (including phenoxy) is 1. The van der Waals surface area contributed by atoms with Crippen LogP contribution in [0.25, 0.3) is 0 Å². The third-order valence-corrected chi connectivity index (χ3v) is 7.38. The van der Waals surface area contributed by atoms with E-state index in [0.29, 0.717) is 0 Å². The molecule has 2 heteroatoms. The fourth-order valence-electron chi connectivity index (χ4n) is 3.59. The lowest BCUT2D eigenvalue weighted by Crippen LogP contribution is -2.21. The van der Waals surface area contributed by atoms with Crippen LogP contribution in [-0.4, -0.2) is 6.61 Å². The fraction of sp³-hybridized carbons (Fsp3) is 0.308. The summed E-state index contributed by atoms with van der Waals surface area (Å²) in [6.07, 6.45) is 4.93. The zero-order valence-electron chi connectivity index (χ0n) is 17.3. The summed E-state index contributed by atoms with van der Waals surface area (Å²) in [6, 6.07) is 26.4. The molecule has 0 fully saturated rings. The average molecular weight is 391 g/mol. The highest BCUT2D eigenvalue weighted by Crippen LogP contribution is 2.35. The van der Waals surface area contributed by atoms with Crippen molar-refractivity contribution in [2.45, 2.75) is 46.5 Å². The Bertz CT molecular complexity index is 796. The van der Waals surface area contributed by atoms with Crippen molar-refractivity contribution in [3.63, 3.8) is 0 Å². The molecule has 0 aliphatic heterocycles. The van der Waals surface area contributed by atoms with Crippen LogP contribution in [0, 0.1) is 13.8 Å². The molecule has 0 aromatic heterocycles. The van der Waals surface area contributed by atoms with Gasteiger partial charge in [0.1, 0.15) is 5.75 Å². The van der Waals surface area contributed by atoms with Crippen molar-refractivity contribution in [3.05, 3.63) is 83.9 Å². The summed E-state index contributed by atoms with van der Waals surface area (Å²) in [6.45, 7) is 7.42. The van der Waals surface area contributed by atoms with Crippen LogP contribution < -0.4 is 20.7 Å². The first-order valence-corrected chi connectivity index (χ1v) is 11.7. The highest BCUT2D eigenvalue weighted by molar-refractivity contribution is 7.79. The molecule has 146 valence electrons. The van der Waals surface area contributed by atoms with Crippen LogP contribution >= 0.6 is 7.92 Å². The summed E-state index contributed by atoms with van der Waals surface area (Å²) in [4.78, 5) is 0. The standard InChI is InChI=1S/C26H31OP/c1-4-5-6-13-18-27-26-21(2)19-25(20-22(26)3)28(23-14-9-7-10-15-23)24-16-11-8-12-17-24/h7-12,14-17,19-20H,4-6,13,18H2,1-3H3. The van der Waals surface area contributed by atoms with Crippen LogP contribution in [0.1, 0.15) is 43.7 Å². The van der Waals surface area contributed by atoms with Gasteiger partial charge in [0.25, 0.3) is 0 Å². The van der Waals surface area contributed by atoms with Gasteiger partial charge in [-0.15, -0.1) is 0 Å². The summed E-state index contributed by atoms with van der Waals surface area (Å²) in [5, 5.41) is 4.16. The Morgan fingerprint density at radius 2 is 1.21 bits per heavy atom. The number of rotatable bonds is 9. The molecule has 0 spiro atoms. The summed E-state index contributed by atoms with van der Waals surface area (Å²) in [5.41, 5.74) is 2.48. The minimum atomic E-state index is -0.567. The second-order valence-corrected chi connectivity index (χ2v) is 9.54. The van der Waals surface area contributed by atoms with Crippen molar-refractivity contribution in [2.24, 2.45) is 0 Å². The van der Waals surface area contributed by atoms with Gasteiger partial charge in [-0.25, -0.2) is 0 Å². The third kappa shape index (κ3) is 5.24. The van der Waals surface area contributed by atoms with Crippen LogP contribution in [0.15, 0.2) is 72.8 Å². The van der Waals surface area contributed by atoms with E-state index in [1.54, 1.807) is 0 Å². The molecule has 0 saturated heterocycles. The predicted octanol–water partition coefficient (Wildman–Crippen LogP) is 6.02. The van der Waals surface area contributed by atoms with Crippen LogP contribution in [0.3, 0.4) is 0 Å². The van der Waals surface area contributed by atoms with E-state index in [2.05, 4.69) is 93.6 Å². The topological polar surface area (TPSA) is 9.23 Å². The zero-order valence-corrected chi connectivity index (χ0v) is 18.2. The van der Waals surface area contributed by atoms with Crippen molar-refractivity contribution in [1.82, 2.24) is 0 Å². The van der Waals surface area contributed by atoms with Crippen molar-refractivity contribution in [3.8, 4) is 5.75 Å². The van der Waals surface area contributed by atoms with Gasteiger partial charge in [-0.05, 0) is 67.4 Å². The summed E-state index contributed by atoms with van der Waals surface area (Å²) in [5.74, 6) is 1.07. The predicted molar refractivity (Wildman–Crippen MR) is 124 cm³/mol. The Hall–Kier alpha value is -2.11. The van der Waals surface area contributed by atoms with E-state index >= 15 is 0 Å². The number of benzene rings is 3. The number of hydrogen-bond acceptors (Lipinski definition) is 1. The smallest absolute Gasteiger partial charge is 0.125 e. The van der Waals surface area contributed by atoms with E-state index in [-0.39, 0.29) is 0 Å². The molecule has 28 heavy (non-hydrogen) atoms. The van der Waals surface area contributed by atoms with Crippen molar-refractivity contribution in [1.29, 1.82) is 0 Å². The van der Waals surface area contributed by atoms with E-state index in [1.165, 1.54) is 46.3 Å². The first-order valence-electron chi connectivity index (χ1n) is 10.3. The number of unbranched alkanes of at least 4 members (excludes halogenated alkanes) is 3. The van der Waals surface area contributed by atoms with Gasteiger partial charge in [0.05, 0.1) is 6.61 Å². The number of hydrogen-bond donors (Lipinski definition) is 0. The SMILES string of the molecule is CCCCCCOc1c(C)cc(P(c2ccccc2)c2ccccc2)cc1C. The fourth-order valence-corrected chi connectivity index (χ4v) is 6.07. The molecule has 0 aliphatic rings. The molecule has 0 aliphatic carbocycles. The lowest BCUT2D eigenvalue weighted by Gasteiger charge is -2.22. The van der Waals surface area contributed by atoms with Gasteiger partial charge >= 0.3 is 0 Å². The Balaban J connectivity index is 1.89. The van der Waals surface area contributed by atoms with E-state index in [1.807, 2.05) is 0 Å². The Morgan fingerprint density at radius 3 is 1.71 bits per heavy atom. The highest BCUT2D eigenvalue weighted by atomic mass is 31.1. The van der Waals surface area contributed by atoms with Gasteiger partial charge in [0.2, 0.25) is 0 Å². The molecule has 0 unspecified atom stereocenters. The maximum absolute atomic E-state index is 6.17. The van der Waals surface area contributed by atoms with Crippen molar-refractivity contribution >= 4 is 23.8 Å². The molecule has 3 aromatic carbocycles. The van der Waals surface area contributed by atoms with Crippen LogP contribution in [-0.2, 0) is 0 Å². The van der Waals surface area contributed by atoms with Crippen LogP contribution in [0.4, 0.5) is 0 Å². The molecular weight excluding hydrogens is 359 g/mol. The van der Waals surface area contributed by atoms with Gasteiger partial charge in [-0.3, -0.25) is 0 Å². The third-order valence-electron chi connectivity index (χ3n) is 4.98. The van der Waals surface area contributed by atoms with E-state index in [4.69, 9.17) is 4.74 Å². The molecule has 0 bridgehead atoms. The quantitative estimate of drug-likeness (QED) is 0.321. The van der Waals surface area contributed by atoms with E-state index < -0.39 is 7.92 Å². The van der Waals surface area contributed by atoms with E-state index in [0.717, 1.165) is 18.8 Å². The second kappa shape index (κ2) is 10.4. The van der Waals surface area contributed by atoms with E-state index in [9.17, 15) is 0 Å². The minimum Gasteiger partial charge on any atom is -0.493 e. The first-order chi connectivity index (χ1) is 13.7. The van der Waals surface area contributed by atoms with Gasteiger partial charge in [0.15, 0.2) is 0 Å².